The van der Waals surface area contributed by atoms with Crippen molar-refractivity contribution in [3.8, 4) is 0 Å². The minimum atomic E-state index is 0.416. The molecule has 1 fully saturated rings. The zero-order chi connectivity index (χ0) is 12.3. The zero-order valence-electron chi connectivity index (χ0n) is 10.0. The lowest BCUT2D eigenvalue weighted by Gasteiger charge is -2.29. The number of nitrogens with two attached hydrogens (primary N) is 1. The number of hydrogen-bond donors (Lipinski definition) is 2. The van der Waals surface area contributed by atoms with E-state index in [1.807, 2.05) is 12.1 Å². The normalized spacial score (nSPS) is 17.9. The third-order valence-corrected chi connectivity index (χ3v) is 3.35. The summed E-state index contributed by atoms with van der Waals surface area (Å²) in [6.45, 7) is 2.26. The Balaban J connectivity index is 1.98. The Kier molecular flexibility index (Phi) is 3.91. The fourth-order valence-corrected chi connectivity index (χ4v) is 2.15. The molecule has 0 aliphatic carbocycles. The molecular weight excluding hydrogens is 232 g/mol. The molecule has 0 spiro atoms. The average Bonchev–Trinajstić information content (AvgIpc) is 2.32. The molecule has 0 unspecified atom stereocenters. The summed E-state index contributed by atoms with van der Waals surface area (Å²) < 4.78 is 0. The highest BCUT2D eigenvalue weighted by atomic mass is 32.1. The molecule has 0 aromatic carbocycles. The molecule has 1 aliphatic heterocycles. The van der Waals surface area contributed by atoms with Crippen LogP contribution in [0.2, 0.25) is 0 Å². The van der Waals surface area contributed by atoms with Crippen LogP contribution in [0.3, 0.4) is 0 Å². The van der Waals surface area contributed by atoms with Crippen molar-refractivity contribution in [2.24, 2.45) is 5.73 Å². The van der Waals surface area contributed by atoms with Gasteiger partial charge in [-0.2, -0.15) is 0 Å². The van der Waals surface area contributed by atoms with E-state index in [4.69, 9.17) is 18.0 Å². The van der Waals surface area contributed by atoms with Gasteiger partial charge in [0.05, 0.1) is 0 Å². The van der Waals surface area contributed by atoms with E-state index in [-0.39, 0.29) is 0 Å². The van der Waals surface area contributed by atoms with Crippen LogP contribution in [0.1, 0.15) is 18.4 Å². The number of likely N-dealkylation sites (tertiary alicyclic amines) is 1. The third kappa shape index (κ3) is 3.38. The van der Waals surface area contributed by atoms with Gasteiger partial charge >= 0.3 is 0 Å². The van der Waals surface area contributed by atoms with E-state index in [0.717, 1.165) is 37.3 Å². The van der Waals surface area contributed by atoms with Crippen LogP contribution in [0.5, 0.6) is 0 Å². The van der Waals surface area contributed by atoms with E-state index >= 15 is 0 Å². The Bertz CT molecular complexity index is 399. The second-order valence-electron chi connectivity index (χ2n) is 4.52. The van der Waals surface area contributed by atoms with Crippen LogP contribution >= 0.6 is 12.2 Å². The van der Waals surface area contributed by atoms with E-state index < -0.39 is 0 Å². The van der Waals surface area contributed by atoms with E-state index in [2.05, 4.69) is 22.2 Å². The van der Waals surface area contributed by atoms with E-state index in [0.29, 0.717) is 11.0 Å². The molecule has 4 nitrogen and oxygen atoms in total. The summed E-state index contributed by atoms with van der Waals surface area (Å²) in [6, 6.07) is 4.25. The first-order valence-electron chi connectivity index (χ1n) is 5.86. The van der Waals surface area contributed by atoms with Gasteiger partial charge in [-0.1, -0.05) is 12.2 Å². The van der Waals surface area contributed by atoms with Crippen molar-refractivity contribution in [3.63, 3.8) is 0 Å². The molecule has 1 saturated heterocycles. The van der Waals surface area contributed by atoms with Crippen LogP contribution in [-0.4, -0.2) is 41.1 Å². The van der Waals surface area contributed by atoms with Gasteiger partial charge in [-0.05, 0) is 45.1 Å². The molecule has 2 rings (SSSR count). The number of nitrogens with one attached hydrogen (secondary N) is 1. The number of aromatic nitrogens is 1. The van der Waals surface area contributed by atoms with Gasteiger partial charge in [-0.3, -0.25) is 0 Å². The second kappa shape index (κ2) is 5.42. The van der Waals surface area contributed by atoms with Gasteiger partial charge < -0.3 is 16.0 Å². The molecule has 1 aliphatic rings. The van der Waals surface area contributed by atoms with Crippen LogP contribution in [0.15, 0.2) is 18.3 Å². The topological polar surface area (TPSA) is 54.2 Å². The lowest BCUT2D eigenvalue weighted by atomic mass is 10.1. The molecule has 0 saturated carbocycles. The van der Waals surface area contributed by atoms with Gasteiger partial charge in [0.15, 0.2) is 0 Å². The van der Waals surface area contributed by atoms with E-state index in [9.17, 15) is 0 Å². The van der Waals surface area contributed by atoms with Gasteiger partial charge in [0.25, 0.3) is 0 Å². The highest BCUT2D eigenvalue weighted by molar-refractivity contribution is 7.80. The quantitative estimate of drug-likeness (QED) is 0.790. The molecular formula is C12H18N4S. The fourth-order valence-electron chi connectivity index (χ4n) is 2.02. The smallest absolute Gasteiger partial charge is 0.126 e. The molecule has 0 bridgehead atoms. The predicted molar refractivity (Wildman–Crippen MR) is 74.3 cm³/mol. The number of thiocarbonyl (C=S) groups is 1. The van der Waals surface area contributed by atoms with Crippen molar-refractivity contribution in [2.75, 3.05) is 25.5 Å². The predicted octanol–water partition coefficient (Wildman–Crippen LogP) is 1.22. The van der Waals surface area contributed by atoms with Crippen LogP contribution < -0.4 is 11.1 Å². The second-order valence-corrected chi connectivity index (χ2v) is 4.96. The lowest BCUT2D eigenvalue weighted by molar-refractivity contribution is 0.263. The molecule has 1 aromatic heterocycles. The van der Waals surface area contributed by atoms with Gasteiger partial charge in [0, 0.05) is 17.8 Å². The molecule has 2 heterocycles. The Labute approximate surface area is 107 Å². The number of anilines is 1. The SMILES string of the molecule is CN1CCC(Nc2cc(C(N)=S)ccn2)CC1. The Morgan fingerprint density at radius 1 is 1.53 bits per heavy atom. The standard InChI is InChI=1S/C12H18N4S/c1-16-6-3-10(4-7-16)15-11-8-9(12(13)17)2-5-14-11/h2,5,8,10H,3-4,6-7H2,1H3,(H2,13,17)(H,14,15). The molecule has 92 valence electrons. The number of pyridine rings is 1. The molecule has 1 aromatic rings. The first kappa shape index (κ1) is 12.3. The number of piperidine rings is 1. The highest BCUT2D eigenvalue weighted by Crippen LogP contribution is 2.15. The summed E-state index contributed by atoms with van der Waals surface area (Å²) in [5, 5.41) is 3.44. The van der Waals surface area contributed by atoms with Crippen molar-refractivity contribution < 1.29 is 0 Å². The molecule has 5 heteroatoms. The first-order valence-corrected chi connectivity index (χ1v) is 6.27. The van der Waals surface area contributed by atoms with Crippen molar-refractivity contribution in [1.29, 1.82) is 0 Å². The maximum atomic E-state index is 5.60. The first-order chi connectivity index (χ1) is 8.15. The van der Waals surface area contributed by atoms with Crippen molar-refractivity contribution >= 4 is 23.0 Å². The van der Waals surface area contributed by atoms with Gasteiger partial charge in [-0.15, -0.1) is 0 Å². The monoisotopic (exact) mass is 250 g/mol. The van der Waals surface area contributed by atoms with Crippen LogP contribution in [-0.2, 0) is 0 Å². The summed E-state index contributed by atoms with van der Waals surface area (Å²) in [6.07, 6.45) is 4.04. The Hall–Kier alpha value is -1.20. The molecule has 17 heavy (non-hydrogen) atoms. The van der Waals surface area contributed by atoms with E-state index in [1.54, 1.807) is 6.20 Å². The summed E-state index contributed by atoms with van der Waals surface area (Å²) >= 11 is 4.96. The van der Waals surface area contributed by atoms with Crippen LogP contribution in [0, 0.1) is 0 Å². The Morgan fingerprint density at radius 3 is 2.88 bits per heavy atom. The lowest BCUT2D eigenvalue weighted by Crippen LogP contribution is -2.36. The molecule has 3 N–H and O–H groups in total. The minimum Gasteiger partial charge on any atom is -0.389 e. The van der Waals surface area contributed by atoms with Gasteiger partial charge in [-0.25, -0.2) is 4.98 Å². The maximum absolute atomic E-state index is 5.60. The Morgan fingerprint density at radius 2 is 2.24 bits per heavy atom. The van der Waals surface area contributed by atoms with Crippen LogP contribution in [0.4, 0.5) is 5.82 Å². The highest BCUT2D eigenvalue weighted by Gasteiger charge is 2.16. The molecule has 0 atom stereocenters. The van der Waals surface area contributed by atoms with E-state index in [1.165, 1.54) is 0 Å². The van der Waals surface area contributed by atoms with Gasteiger partial charge in [0.2, 0.25) is 0 Å². The largest absolute Gasteiger partial charge is 0.389 e. The third-order valence-electron chi connectivity index (χ3n) is 3.12. The molecule has 0 amide bonds. The fraction of sp³-hybridized carbons (Fsp3) is 0.500. The zero-order valence-corrected chi connectivity index (χ0v) is 10.8. The summed E-state index contributed by atoms with van der Waals surface area (Å²) in [4.78, 5) is 7.05. The average molecular weight is 250 g/mol. The number of rotatable bonds is 3. The van der Waals surface area contributed by atoms with Crippen LogP contribution in [0.25, 0.3) is 0 Å². The molecule has 0 radical (unpaired) electrons. The maximum Gasteiger partial charge on any atom is 0.126 e. The summed E-state index contributed by atoms with van der Waals surface area (Å²) in [5.41, 5.74) is 6.47. The van der Waals surface area contributed by atoms with Crippen molar-refractivity contribution in [3.05, 3.63) is 23.9 Å². The number of nitrogens with zero attached hydrogens (tertiary/aromatic N) is 2. The minimum absolute atomic E-state index is 0.416. The number of hydrogen-bond acceptors (Lipinski definition) is 4. The van der Waals surface area contributed by atoms with Gasteiger partial charge in [0.1, 0.15) is 10.8 Å². The summed E-state index contributed by atoms with van der Waals surface area (Å²) in [7, 11) is 2.15. The van der Waals surface area contributed by atoms with Crippen molar-refractivity contribution in [1.82, 2.24) is 9.88 Å². The van der Waals surface area contributed by atoms with Crippen molar-refractivity contribution in [2.45, 2.75) is 18.9 Å². The summed E-state index contributed by atoms with van der Waals surface area (Å²) in [5.74, 6) is 0.866.